The summed E-state index contributed by atoms with van der Waals surface area (Å²) in [5.41, 5.74) is 2.05. The van der Waals surface area contributed by atoms with Gasteiger partial charge in [0.15, 0.2) is 0 Å². The summed E-state index contributed by atoms with van der Waals surface area (Å²) in [4.78, 5) is 16.2. The van der Waals surface area contributed by atoms with Crippen molar-refractivity contribution in [3.8, 4) is 0 Å². The smallest absolute Gasteiger partial charge is 0.255 e. The Hall–Kier alpha value is -1.39. The fourth-order valence-corrected chi connectivity index (χ4v) is 2.09. The average Bonchev–Trinajstić information content (AvgIpc) is 2.40. The fourth-order valence-electron chi connectivity index (χ4n) is 1.60. The molecule has 5 heteroatoms. The first-order valence-corrected chi connectivity index (χ1v) is 6.99. The lowest BCUT2D eigenvalue weighted by atomic mass is 10.2. The second-order valence-electron chi connectivity index (χ2n) is 3.98. The van der Waals surface area contributed by atoms with Crippen LogP contribution in [0.1, 0.15) is 23.0 Å². The zero-order chi connectivity index (χ0) is 13.8. The molecule has 0 aliphatic rings. The van der Waals surface area contributed by atoms with Crippen molar-refractivity contribution in [3.63, 3.8) is 0 Å². The number of benzene rings is 1. The van der Waals surface area contributed by atoms with E-state index in [9.17, 15) is 4.79 Å². The van der Waals surface area contributed by atoms with Gasteiger partial charge in [0, 0.05) is 21.4 Å². The molecule has 2 aromatic rings. The van der Waals surface area contributed by atoms with E-state index in [0.29, 0.717) is 10.7 Å². The van der Waals surface area contributed by atoms with Crippen molar-refractivity contribution < 1.29 is 4.79 Å². The number of hydrogen-bond acceptors (Lipinski definition) is 2. The standard InChI is InChI=1S/C14H12BrClN2O/c1-2-11-7-9(8-13(16)17-11)14(19)18-12-5-3-10(15)4-6-12/h3-8H,2H2,1H3,(H,18,19). The van der Waals surface area contributed by atoms with E-state index in [1.54, 1.807) is 12.1 Å². The lowest BCUT2D eigenvalue weighted by Gasteiger charge is -2.07. The third kappa shape index (κ3) is 3.78. The summed E-state index contributed by atoms with van der Waals surface area (Å²) in [5, 5.41) is 3.15. The molecule has 0 radical (unpaired) electrons. The molecule has 19 heavy (non-hydrogen) atoms. The van der Waals surface area contributed by atoms with Crippen LogP contribution in [0.2, 0.25) is 5.15 Å². The minimum atomic E-state index is -0.193. The highest BCUT2D eigenvalue weighted by atomic mass is 79.9. The van der Waals surface area contributed by atoms with Crippen molar-refractivity contribution in [2.24, 2.45) is 0 Å². The predicted molar refractivity (Wildman–Crippen MR) is 80.7 cm³/mol. The van der Waals surface area contributed by atoms with Crippen molar-refractivity contribution in [1.82, 2.24) is 4.98 Å². The van der Waals surface area contributed by atoms with E-state index in [1.807, 2.05) is 31.2 Å². The summed E-state index contributed by atoms with van der Waals surface area (Å²) >= 11 is 9.25. The van der Waals surface area contributed by atoms with Crippen LogP contribution in [0.15, 0.2) is 40.9 Å². The number of amides is 1. The third-order valence-electron chi connectivity index (χ3n) is 2.57. The van der Waals surface area contributed by atoms with Crippen molar-refractivity contribution in [2.75, 3.05) is 5.32 Å². The van der Waals surface area contributed by atoms with Gasteiger partial charge in [-0.15, -0.1) is 0 Å². The number of carbonyl (C=O) groups excluding carboxylic acids is 1. The molecular weight excluding hydrogens is 328 g/mol. The Morgan fingerprint density at radius 3 is 2.63 bits per heavy atom. The van der Waals surface area contributed by atoms with Crippen molar-refractivity contribution in [3.05, 3.63) is 57.3 Å². The number of rotatable bonds is 3. The topological polar surface area (TPSA) is 42.0 Å². The fraction of sp³-hybridized carbons (Fsp3) is 0.143. The number of aryl methyl sites for hydroxylation is 1. The summed E-state index contributed by atoms with van der Waals surface area (Å²) in [6.45, 7) is 1.97. The van der Waals surface area contributed by atoms with Gasteiger partial charge in [-0.25, -0.2) is 4.98 Å². The maximum atomic E-state index is 12.1. The molecule has 0 aliphatic carbocycles. The summed E-state index contributed by atoms with van der Waals surface area (Å²) in [5.74, 6) is -0.193. The molecule has 0 aliphatic heterocycles. The van der Waals surface area contributed by atoms with E-state index in [2.05, 4.69) is 26.2 Å². The first-order chi connectivity index (χ1) is 9.08. The first-order valence-electron chi connectivity index (χ1n) is 5.82. The lowest BCUT2D eigenvalue weighted by molar-refractivity contribution is 0.102. The monoisotopic (exact) mass is 338 g/mol. The number of hydrogen-bond donors (Lipinski definition) is 1. The van der Waals surface area contributed by atoms with E-state index in [1.165, 1.54) is 0 Å². The largest absolute Gasteiger partial charge is 0.322 e. The molecule has 2 rings (SSSR count). The maximum Gasteiger partial charge on any atom is 0.255 e. The van der Waals surface area contributed by atoms with Gasteiger partial charge < -0.3 is 5.32 Å². The molecule has 1 amide bonds. The molecule has 0 bridgehead atoms. The Kier molecular flexibility index (Phi) is 4.56. The average molecular weight is 340 g/mol. The van der Waals surface area contributed by atoms with Crippen LogP contribution in [0.5, 0.6) is 0 Å². The SMILES string of the molecule is CCc1cc(C(=O)Nc2ccc(Br)cc2)cc(Cl)n1. The summed E-state index contributed by atoms with van der Waals surface area (Å²) < 4.78 is 0.964. The minimum Gasteiger partial charge on any atom is -0.322 e. The van der Waals surface area contributed by atoms with Crippen molar-refractivity contribution in [2.45, 2.75) is 13.3 Å². The van der Waals surface area contributed by atoms with Crippen LogP contribution in [0.4, 0.5) is 5.69 Å². The zero-order valence-electron chi connectivity index (χ0n) is 10.3. The number of carbonyl (C=O) groups is 1. The van der Waals surface area contributed by atoms with Crippen LogP contribution in [0.25, 0.3) is 0 Å². The van der Waals surface area contributed by atoms with Crippen molar-refractivity contribution in [1.29, 1.82) is 0 Å². The number of nitrogens with one attached hydrogen (secondary N) is 1. The number of halogens is 2. The lowest BCUT2D eigenvalue weighted by Crippen LogP contribution is -2.12. The van der Waals surface area contributed by atoms with Crippen LogP contribution < -0.4 is 5.32 Å². The highest BCUT2D eigenvalue weighted by Crippen LogP contribution is 2.16. The molecule has 1 N–H and O–H groups in total. The summed E-state index contributed by atoms with van der Waals surface area (Å²) in [6, 6.07) is 10.7. The van der Waals surface area contributed by atoms with Gasteiger partial charge in [0.1, 0.15) is 5.15 Å². The summed E-state index contributed by atoms with van der Waals surface area (Å²) in [7, 11) is 0. The van der Waals surface area contributed by atoms with Gasteiger partial charge in [-0.3, -0.25) is 4.79 Å². The van der Waals surface area contributed by atoms with Gasteiger partial charge in [0.05, 0.1) is 0 Å². The molecule has 0 atom stereocenters. The van der Waals surface area contributed by atoms with Gasteiger partial charge >= 0.3 is 0 Å². The van der Waals surface area contributed by atoms with Crippen LogP contribution in [0.3, 0.4) is 0 Å². The van der Waals surface area contributed by atoms with Gasteiger partial charge in [-0.2, -0.15) is 0 Å². The van der Waals surface area contributed by atoms with Crippen LogP contribution >= 0.6 is 27.5 Å². The molecule has 98 valence electrons. The molecule has 0 spiro atoms. The van der Waals surface area contributed by atoms with Crippen LogP contribution in [0, 0.1) is 0 Å². The first kappa shape index (κ1) is 14.0. The molecule has 3 nitrogen and oxygen atoms in total. The van der Waals surface area contributed by atoms with Crippen molar-refractivity contribution >= 4 is 39.1 Å². The molecule has 0 saturated heterocycles. The third-order valence-corrected chi connectivity index (χ3v) is 3.30. The second-order valence-corrected chi connectivity index (χ2v) is 5.29. The Balaban J connectivity index is 2.20. The van der Waals surface area contributed by atoms with E-state index in [-0.39, 0.29) is 5.91 Å². The number of anilines is 1. The Bertz CT molecular complexity index is 599. The van der Waals surface area contributed by atoms with Gasteiger partial charge in [-0.05, 0) is 42.8 Å². The second kappa shape index (κ2) is 6.17. The Morgan fingerprint density at radius 1 is 1.32 bits per heavy atom. The van der Waals surface area contributed by atoms with Crippen LogP contribution in [-0.4, -0.2) is 10.9 Å². The zero-order valence-corrected chi connectivity index (χ0v) is 12.6. The molecule has 1 aromatic heterocycles. The molecule has 1 aromatic carbocycles. The number of pyridine rings is 1. The molecule has 0 fully saturated rings. The molecule has 1 heterocycles. The summed E-state index contributed by atoms with van der Waals surface area (Å²) in [6.07, 6.45) is 0.735. The van der Waals surface area contributed by atoms with E-state index in [4.69, 9.17) is 11.6 Å². The van der Waals surface area contributed by atoms with E-state index < -0.39 is 0 Å². The van der Waals surface area contributed by atoms with Crippen LogP contribution in [-0.2, 0) is 6.42 Å². The van der Waals surface area contributed by atoms with Gasteiger partial charge in [0.2, 0.25) is 0 Å². The maximum absolute atomic E-state index is 12.1. The molecular formula is C14H12BrClN2O. The van der Waals surface area contributed by atoms with E-state index >= 15 is 0 Å². The van der Waals surface area contributed by atoms with Gasteiger partial charge in [0.25, 0.3) is 5.91 Å². The Labute approximate surface area is 125 Å². The highest BCUT2D eigenvalue weighted by molar-refractivity contribution is 9.10. The molecule has 0 unspecified atom stereocenters. The normalized spacial score (nSPS) is 10.3. The highest BCUT2D eigenvalue weighted by Gasteiger charge is 2.09. The predicted octanol–water partition coefficient (Wildman–Crippen LogP) is 4.31. The number of aromatic nitrogens is 1. The Morgan fingerprint density at radius 2 is 2.00 bits per heavy atom. The van der Waals surface area contributed by atoms with E-state index in [0.717, 1.165) is 22.3 Å². The quantitative estimate of drug-likeness (QED) is 0.847. The van der Waals surface area contributed by atoms with Gasteiger partial charge in [-0.1, -0.05) is 34.5 Å². The minimum absolute atomic E-state index is 0.193. The molecule has 0 saturated carbocycles. The number of nitrogens with zero attached hydrogens (tertiary/aromatic N) is 1.